The Morgan fingerprint density at radius 1 is 1.50 bits per heavy atom. The van der Waals surface area contributed by atoms with Crippen LogP contribution in [-0.2, 0) is 0 Å². The highest BCUT2D eigenvalue weighted by molar-refractivity contribution is 5.40. The van der Waals surface area contributed by atoms with Crippen LogP contribution < -0.4 is 0 Å². The molecule has 0 amide bonds. The Labute approximate surface area is 75.4 Å². The van der Waals surface area contributed by atoms with E-state index in [0.717, 1.165) is 5.92 Å². The van der Waals surface area contributed by atoms with Gasteiger partial charge in [0.15, 0.2) is 0 Å². The molecular weight excluding hydrogens is 144 g/mol. The molecule has 0 fully saturated rings. The molecule has 0 heterocycles. The number of hydrogen-bond acceptors (Lipinski definition) is 0. The lowest BCUT2D eigenvalue weighted by Gasteiger charge is -2.25. The summed E-state index contributed by atoms with van der Waals surface area (Å²) in [6.45, 7) is 6.89. The molecule has 2 bridgehead atoms. The second kappa shape index (κ2) is 2.48. The monoisotopic (exact) mass is 162 g/mol. The van der Waals surface area contributed by atoms with E-state index < -0.39 is 0 Å². The van der Waals surface area contributed by atoms with Gasteiger partial charge in [-0.25, -0.2) is 0 Å². The topological polar surface area (TPSA) is 0 Å². The van der Waals surface area contributed by atoms with E-state index in [0.29, 0.717) is 5.41 Å². The van der Waals surface area contributed by atoms with Crippen molar-refractivity contribution in [3.63, 3.8) is 0 Å². The standard InChI is InChI=1S/C12H18/c1-4-11-6-10-8-12(11,5-2)7-9(10)3/h6-7,10H,4-5,8H2,1-3H3. The second-order valence-electron chi connectivity index (χ2n) is 4.25. The van der Waals surface area contributed by atoms with Gasteiger partial charge in [0.1, 0.15) is 0 Å². The van der Waals surface area contributed by atoms with E-state index in [-0.39, 0.29) is 0 Å². The third-order valence-electron chi connectivity index (χ3n) is 3.73. The van der Waals surface area contributed by atoms with Gasteiger partial charge in [0.2, 0.25) is 0 Å². The van der Waals surface area contributed by atoms with E-state index in [1.807, 2.05) is 0 Å². The van der Waals surface area contributed by atoms with E-state index >= 15 is 0 Å². The summed E-state index contributed by atoms with van der Waals surface area (Å²) in [5.74, 6) is 0.792. The molecule has 2 aliphatic carbocycles. The van der Waals surface area contributed by atoms with Crippen LogP contribution in [0.1, 0.15) is 40.0 Å². The van der Waals surface area contributed by atoms with Crippen LogP contribution in [0.3, 0.4) is 0 Å². The number of allylic oxidation sites excluding steroid dienone is 4. The molecule has 0 aromatic rings. The molecule has 0 saturated heterocycles. The van der Waals surface area contributed by atoms with Crippen LogP contribution in [-0.4, -0.2) is 0 Å². The predicted molar refractivity (Wildman–Crippen MR) is 53.0 cm³/mol. The molecule has 66 valence electrons. The molecule has 0 saturated carbocycles. The van der Waals surface area contributed by atoms with Crippen LogP contribution in [0.2, 0.25) is 0 Å². The fourth-order valence-corrected chi connectivity index (χ4v) is 2.92. The lowest BCUT2D eigenvalue weighted by molar-refractivity contribution is 0.432. The SMILES string of the molecule is CCC1=CC2CC1(CC)C=C2C. The van der Waals surface area contributed by atoms with Crippen molar-refractivity contribution in [2.75, 3.05) is 0 Å². The first-order valence-electron chi connectivity index (χ1n) is 5.12. The third kappa shape index (κ3) is 0.840. The third-order valence-corrected chi connectivity index (χ3v) is 3.73. The first-order valence-corrected chi connectivity index (χ1v) is 5.12. The van der Waals surface area contributed by atoms with Gasteiger partial charge in [-0.1, -0.05) is 37.1 Å². The fraction of sp³-hybridized carbons (Fsp3) is 0.667. The molecular formula is C12H18. The zero-order chi connectivity index (χ0) is 8.77. The fourth-order valence-electron chi connectivity index (χ4n) is 2.92. The summed E-state index contributed by atoms with van der Waals surface area (Å²) >= 11 is 0. The van der Waals surface area contributed by atoms with Crippen molar-refractivity contribution in [1.29, 1.82) is 0 Å². The Morgan fingerprint density at radius 3 is 2.75 bits per heavy atom. The molecule has 0 aliphatic heterocycles. The molecule has 2 unspecified atom stereocenters. The van der Waals surface area contributed by atoms with Gasteiger partial charge in [-0.15, -0.1) is 0 Å². The Balaban J connectivity index is 2.36. The maximum Gasteiger partial charge on any atom is 0.00996 e. The summed E-state index contributed by atoms with van der Waals surface area (Å²) in [5, 5.41) is 0. The first kappa shape index (κ1) is 8.10. The second-order valence-corrected chi connectivity index (χ2v) is 4.25. The maximum absolute atomic E-state index is 2.52. The van der Waals surface area contributed by atoms with Gasteiger partial charge >= 0.3 is 0 Å². The maximum atomic E-state index is 2.52. The average molecular weight is 162 g/mol. The summed E-state index contributed by atoms with van der Waals surface area (Å²) in [6, 6.07) is 0. The summed E-state index contributed by atoms with van der Waals surface area (Å²) in [6.07, 6.45) is 8.95. The first-order chi connectivity index (χ1) is 5.72. The molecule has 0 aromatic carbocycles. The largest absolute Gasteiger partial charge is 0.0772 e. The van der Waals surface area contributed by atoms with Gasteiger partial charge in [-0.2, -0.15) is 0 Å². The van der Waals surface area contributed by atoms with Crippen LogP contribution in [0.5, 0.6) is 0 Å². The molecule has 0 spiro atoms. The zero-order valence-electron chi connectivity index (χ0n) is 8.35. The Hall–Kier alpha value is -0.520. The van der Waals surface area contributed by atoms with E-state index in [2.05, 4.69) is 32.9 Å². The van der Waals surface area contributed by atoms with Crippen LogP contribution in [0.4, 0.5) is 0 Å². The van der Waals surface area contributed by atoms with E-state index in [9.17, 15) is 0 Å². The molecule has 2 rings (SSSR count). The molecule has 12 heavy (non-hydrogen) atoms. The number of fused-ring (bicyclic) bond motifs is 2. The van der Waals surface area contributed by atoms with Gasteiger partial charge in [0.05, 0.1) is 0 Å². The van der Waals surface area contributed by atoms with Crippen molar-refractivity contribution in [3.05, 3.63) is 23.3 Å². The Bertz CT molecular complexity index is 257. The van der Waals surface area contributed by atoms with Crippen LogP contribution in [0.25, 0.3) is 0 Å². The van der Waals surface area contributed by atoms with Crippen molar-refractivity contribution in [1.82, 2.24) is 0 Å². The predicted octanol–water partition coefficient (Wildman–Crippen LogP) is 3.70. The van der Waals surface area contributed by atoms with E-state index in [4.69, 9.17) is 0 Å². The van der Waals surface area contributed by atoms with Gasteiger partial charge in [-0.05, 0) is 32.1 Å². The van der Waals surface area contributed by atoms with Crippen molar-refractivity contribution in [2.24, 2.45) is 11.3 Å². The smallest absolute Gasteiger partial charge is 0.00996 e. The molecule has 0 nitrogen and oxygen atoms in total. The zero-order valence-corrected chi connectivity index (χ0v) is 8.35. The van der Waals surface area contributed by atoms with Crippen molar-refractivity contribution in [3.8, 4) is 0 Å². The minimum absolute atomic E-state index is 0.490. The lowest BCUT2D eigenvalue weighted by Crippen LogP contribution is -2.13. The highest BCUT2D eigenvalue weighted by Crippen LogP contribution is 2.54. The summed E-state index contributed by atoms with van der Waals surface area (Å²) in [7, 11) is 0. The molecule has 0 aromatic heterocycles. The summed E-state index contributed by atoms with van der Waals surface area (Å²) in [5.41, 5.74) is 3.79. The summed E-state index contributed by atoms with van der Waals surface area (Å²) < 4.78 is 0. The quantitative estimate of drug-likeness (QED) is 0.543. The highest BCUT2D eigenvalue weighted by atomic mass is 14.5. The normalized spacial score (nSPS) is 38.4. The van der Waals surface area contributed by atoms with Crippen molar-refractivity contribution < 1.29 is 0 Å². The molecule has 2 aliphatic rings. The Kier molecular flexibility index (Phi) is 1.67. The average Bonchev–Trinajstić information content (AvgIpc) is 2.58. The van der Waals surface area contributed by atoms with Gasteiger partial charge in [0.25, 0.3) is 0 Å². The lowest BCUT2D eigenvalue weighted by atomic mass is 9.79. The van der Waals surface area contributed by atoms with Crippen LogP contribution in [0, 0.1) is 11.3 Å². The Morgan fingerprint density at radius 2 is 2.25 bits per heavy atom. The minimum atomic E-state index is 0.490. The van der Waals surface area contributed by atoms with Gasteiger partial charge < -0.3 is 0 Å². The van der Waals surface area contributed by atoms with Crippen LogP contribution >= 0.6 is 0 Å². The molecule has 0 N–H and O–H groups in total. The summed E-state index contributed by atoms with van der Waals surface area (Å²) in [4.78, 5) is 0. The number of rotatable bonds is 2. The van der Waals surface area contributed by atoms with E-state index in [1.165, 1.54) is 19.3 Å². The molecule has 0 heteroatoms. The highest BCUT2D eigenvalue weighted by Gasteiger charge is 2.42. The molecule has 2 atom stereocenters. The van der Waals surface area contributed by atoms with Crippen LogP contribution in [0.15, 0.2) is 23.3 Å². The van der Waals surface area contributed by atoms with Gasteiger partial charge in [0, 0.05) is 5.41 Å². The minimum Gasteiger partial charge on any atom is -0.0772 e. The van der Waals surface area contributed by atoms with Crippen molar-refractivity contribution in [2.45, 2.75) is 40.0 Å². The number of hydrogen-bond donors (Lipinski definition) is 0. The van der Waals surface area contributed by atoms with Crippen molar-refractivity contribution >= 4 is 0 Å². The van der Waals surface area contributed by atoms with E-state index in [1.54, 1.807) is 11.1 Å². The molecule has 0 radical (unpaired) electrons. The van der Waals surface area contributed by atoms with Gasteiger partial charge in [-0.3, -0.25) is 0 Å².